The molecule has 0 unspecified atom stereocenters. The normalized spacial score (nSPS) is 20.2. The zero-order valence-corrected chi connectivity index (χ0v) is 33.9. The number of pyridine rings is 2. The summed E-state index contributed by atoms with van der Waals surface area (Å²) >= 11 is 3.31. The van der Waals surface area contributed by atoms with Gasteiger partial charge < -0.3 is 20.1 Å². The van der Waals surface area contributed by atoms with Crippen LogP contribution in [0.4, 0.5) is 43.9 Å². The van der Waals surface area contributed by atoms with Crippen LogP contribution in [-0.2, 0) is 10.8 Å². The monoisotopic (exact) mass is 905 g/mol. The number of methoxy groups -OCH3 is 2. The molecule has 61 heavy (non-hydrogen) atoms. The second-order valence-electron chi connectivity index (χ2n) is 14.3. The third kappa shape index (κ3) is 8.73. The lowest BCUT2D eigenvalue weighted by Gasteiger charge is -2.43. The molecule has 2 N–H and O–H groups in total. The number of benzene rings is 2. The molecular formula is C41H34BrF6N11O2. The Labute approximate surface area is 353 Å². The van der Waals surface area contributed by atoms with E-state index in [0.717, 1.165) is 6.07 Å². The van der Waals surface area contributed by atoms with Gasteiger partial charge in [0.15, 0.2) is 0 Å². The van der Waals surface area contributed by atoms with Gasteiger partial charge in [0.05, 0.1) is 60.2 Å². The molecule has 13 nitrogen and oxygen atoms in total. The SMILES string of the molecule is COc1c(Br)ccc(F)c1-c1cnc(NCC2(c3ncccc3F)CC(F)C2)nn1.[C-]#[N+]c1ccc(F)c(-c2cnc(NCC3(c4ncccc4F)CC(F)C3)nn2)c1OC. The first kappa shape index (κ1) is 42.6. The summed E-state index contributed by atoms with van der Waals surface area (Å²) in [7, 11) is 2.75. The Morgan fingerprint density at radius 3 is 1.51 bits per heavy atom. The Hall–Kier alpha value is -6.49. The molecule has 2 fully saturated rings. The first-order chi connectivity index (χ1) is 29.4. The van der Waals surface area contributed by atoms with Crippen molar-refractivity contribution in [2.75, 3.05) is 37.9 Å². The number of anilines is 2. The Kier molecular flexibility index (Phi) is 12.6. The highest BCUT2D eigenvalue weighted by atomic mass is 79.9. The zero-order valence-electron chi connectivity index (χ0n) is 32.3. The second-order valence-corrected chi connectivity index (χ2v) is 15.2. The van der Waals surface area contributed by atoms with Crippen LogP contribution in [0.1, 0.15) is 37.1 Å². The fourth-order valence-corrected chi connectivity index (χ4v) is 7.95. The van der Waals surface area contributed by atoms with Crippen LogP contribution in [0.2, 0.25) is 0 Å². The van der Waals surface area contributed by atoms with Crippen LogP contribution >= 0.6 is 15.9 Å². The van der Waals surface area contributed by atoms with Gasteiger partial charge in [0, 0.05) is 36.3 Å². The van der Waals surface area contributed by atoms with E-state index in [1.807, 2.05) is 0 Å². The van der Waals surface area contributed by atoms with Gasteiger partial charge in [-0.3, -0.25) is 9.97 Å². The van der Waals surface area contributed by atoms with Crippen molar-refractivity contribution in [3.05, 3.63) is 124 Å². The van der Waals surface area contributed by atoms with E-state index in [1.165, 1.54) is 81.5 Å². The predicted octanol–water partition coefficient (Wildman–Crippen LogP) is 8.72. The summed E-state index contributed by atoms with van der Waals surface area (Å²) in [5.74, 6) is -1.53. The van der Waals surface area contributed by atoms with Crippen LogP contribution in [0.15, 0.2) is 77.8 Å². The van der Waals surface area contributed by atoms with Crippen molar-refractivity contribution in [2.24, 2.45) is 0 Å². The molecule has 4 aromatic heterocycles. The van der Waals surface area contributed by atoms with E-state index in [4.69, 9.17) is 16.0 Å². The number of alkyl halides is 2. The maximum Gasteiger partial charge on any atom is 0.242 e. The highest BCUT2D eigenvalue weighted by Gasteiger charge is 2.49. The summed E-state index contributed by atoms with van der Waals surface area (Å²) in [5.41, 5.74) is -0.664. The molecule has 2 aromatic carbocycles. The van der Waals surface area contributed by atoms with Crippen molar-refractivity contribution in [1.82, 2.24) is 40.3 Å². The minimum absolute atomic E-state index is 0.0196. The number of ether oxygens (including phenoxy) is 2. The van der Waals surface area contributed by atoms with Gasteiger partial charge in [-0.1, -0.05) is 0 Å². The van der Waals surface area contributed by atoms with E-state index in [-0.39, 0.29) is 102 Å². The van der Waals surface area contributed by atoms with E-state index in [2.05, 4.69) is 71.7 Å². The topological polar surface area (TPSA) is 150 Å². The van der Waals surface area contributed by atoms with Crippen molar-refractivity contribution >= 4 is 33.5 Å². The van der Waals surface area contributed by atoms with Gasteiger partial charge in [0.2, 0.25) is 17.6 Å². The molecule has 0 spiro atoms. The molecule has 0 amide bonds. The molecular weight excluding hydrogens is 872 g/mol. The molecule has 0 bridgehead atoms. The maximum absolute atomic E-state index is 14.4. The summed E-state index contributed by atoms with van der Waals surface area (Å²) in [6, 6.07) is 10.8. The lowest BCUT2D eigenvalue weighted by Crippen LogP contribution is -2.49. The molecule has 2 aliphatic carbocycles. The molecule has 0 saturated heterocycles. The lowest BCUT2D eigenvalue weighted by atomic mass is 9.65. The number of hydrogen-bond acceptors (Lipinski definition) is 12. The number of nitrogens with one attached hydrogen (secondary N) is 2. The molecule has 314 valence electrons. The fraction of sp³-hybridized carbons (Fsp3) is 0.293. The third-order valence-electron chi connectivity index (χ3n) is 10.4. The Bertz CT molecular complexity index is 2560. The van der Waals surface area contributed by atoms with Crippen molar-refractivity contribution in [1.29, 1.82) is 0 Å². The average molecular weight is 907 g/mol. The van der Waals surface area contributed by atoms with Crippen molar-refractivity contribution in [3.8, 4) is 34.0 Å². The fourth-order valence-electron chi connectivity index (χ4n) is 7.46. The summed E-state index contributed by atoms with van der Waals surface area (Å²) in [6.07, 6.45) is 4.12. The highest BCUT2D eigenvalue weighted by Crippen LogP contribution is 2.47. The zero-order chi connectivity index (χ0) is 43.3. The largest absolute Gasteiger partial charge is 0.507 e. The molecule has 0 atom stereocenters. The molecule has 0 aliphatic heterocycles. The standard InChI is InChI=1S/C21H17F3N6O.C20H17BrF3N5O/c1-25-15-6-5-13(23)17(18(15)31-2)16-10-27-20(30-29-16)28-11-21(8-12(22)9-21)19-14(24)4-3-7-26-19;1-30-17-12(21)4-5-13(23)16(17)15-9-26-19(29-28-15)27-10-20(7-11(22)8-20)18-14(24)3-2-6-25-18/h3-7,10,12H,8-9,11H2,2H3,(H,27,28,30);2-6,9,11H,7-8,10H2,1H3,(H,26,27,29). The minimum Gasteiger partial charge on any atom is -0.507 e. The van der Waals surface area contributed by atoms with Gasteiger partial charge in [-0.05, 0) is 90.1 Å². The van der Waals surface area contributed by atoms with E-state index >= 15 is 0 Å². The van der Waals surface area contributed by atoms with Gasteiger partial charge in [-0.15, -0.1) is 20.4 Å². The van der Waals surface area contributed by atoms with Crippen LogP contribution in [0.25, 0.3) is 27.4 Å². The second kappa shape index (κ2) is 18.0. The van der Waals surface area contributed by atoms with Gasteiger partial charge in [0.25, 0.3) is 0 Å². The minimum atomic E-state index is -1.03. The summed E-state index contributed by atoms with van der Waals surface area (Å²) in [4.78, 5) is 19.8. The van der Waals surface area contributed by atoms with Gasteiger partial charge in [-0.25, -0.2) is 41.2 Å². The molecule has 4 heterocycles. The van der Waals surface area contributed by atoms with Crippen LogP contribution in [0, 0.1) is 29.8 Å². The third-order valence-corrected chi connectivity index (χ3v) is 11.1. The number of nitrogens with zero attached hydrogens (tertiary/aromatic N) is 9. The van der Waals surface area contributed by atoms with Crippen LogP contribution < -0.4 is 20.1 Å². The smallest absolute Gasteiger partial charge is 0.242 e. The van der Waals surface area contributed by atoms with Gasteiger partial charge >= 0.3 is 0 Å². The molecule has 20 heteroatoms. The Balaban J connectivity index is 0.000000184. The first-order valence-corrected chi connectivity index (χ1v) is 19.3. The van der Waals surface area contributed by atoms with Crippen LogP contribution in [0.5, 0.6) is 11.5 Å². The Morgan fingerprint density at radius 1 is 0.656 bits per heavy atom. The van der Waals surface area contributed by atoms with Crippen LogP contribution in [0.3, 0.4) is 0 Å². The number of aromatic nitrogens is 8. The maximum atomic E-state index is 14.4. The molecule has 8 rings (SSSR count). The highest BCUT2D eigenvalue weighted by molar-refractivity contribution is 9.10. The predicted molar refractivity (Wildman–Crippen MR) is 214 cm³/mol. The van der Waals surface area contributed by atoms with E-state index in [1.54, 1.807) is 0 Å². The molecule has 2 saturated carbocycles. The number of hydrogen-bond donors (Lipinski definition) is 2. The van der Waals surface area contributed by atoms with Crippen LogP contribution in [-0.4, -0.2) is 80.0 Å². The van der Waals surface area contributed by atoms with E-state index in [9.17, 15) is 26.3 Å². The first-order valence-electron chi connectivity index (χ1n) is 18.5. The van der Waals surface area contributed by atoms with Gasteiger partial charge in [0.1, 0.15) is 58.5 Å². The molecule has 2 aliphatic rings. The average Bonchev–Trinajstić information content (AvgIpc) is 3.24. The Morgan fingerprint density at radius 2 is 1.11 bits per heavy atom. The summed E-state index contributed by atoms with van der Waals surface area (Å²) < 4.78 is 95.5. The lowest BCUT2D eigenvalue weighted by molar-refractivity contribution is 0.0960. The van der Waals surface area contributed by atoms with Crippen molar-refractivity contribution in [2.45, 2.75) is 48.9 Å². The van der Waals surface area contributed by atoms with Crippen molar-refractivity contribution in [3.63, 3.8) is 0 Å². The molecule has 6 aromatic rings. The van der Waals surface area contributed by atoms with Crippen molar-refractivity contribution < 1.29 is 35.8 Å². The summed E-state index contributed by atoms with van der Waals surface area (Å²) in [5, 5.41) is 21.9. The summed E-state index contributed by atoms with van der Waals surface area (Å²) in [6.45, 7) is 7.54. The quantitative estimate of drug-likeness (QED) is 0.0894. The molecule has 0 radical (unpaired) electrons. The van der Waals surface area contributed by atoms with Gasteiger partial charge in [-0.2, -0.15) is 0 Å². The number of halogens is 7. The van der Waals surface area contributed by atoms with E-state index in [0.29, 0.717) is 4.47 Å². The van der Waals surface area contributed by atoms with E-state index < -0.39 is 46.4 Å². The number of rotatable bonds is 12.